The number of hydrogen-bond acceptors (Lipinski definition) is 6. The highest BCUT2D eigenvalue weighted by molar-refractivity contribution is 5.96. The van der Waals surface area contributed by atoms with Crippen LogP contribution in [-0.2, 0) is 12.8 Å². The van der Waals surface area contributed by atoms with E-state index < -0.39 is 0 Å². The van der Waals surface area contributed by atoms with Crippen LogP contribution in [0.2, 0.25) is 0 Å². The van der Waals surface area contributed by atoms with Crippen molar-refractivity contribution in [2.24, 2.45) is 5.10 Å². The fourth-order valence-electron chi connectivity index (χ4n) is 3.65. The van der Waals surface area contributed by atoms with Crippen LogP contribution in [0.15, 0.2) is 41.5 Å². The van der Waals surface area contributed by atoms with E-state index in [4.69, 9.17) is 14.2 Å². The molecule has 1 amide bonds. The summed E-state index contributed by atoms with van der Waals surface area (Å²) < 4.78 is 16.0. The van der Waals surface area contributed by atoms with Gasteiger partial charge in [-0.3, -0.25) is 9.89 Å². The Morgan fingerprint density at radius 3 is 2.53 bits per heavy atom. The average Bonchev–Trinajstić information content (AvgIpc) is 3.23. The summed E-state index contributed by atoms with van der Waals surface area (Å²) in [6.07, 6.45) is 3.14. The Hall–Kier alpha value is -3.81. The number of carbonyl (C=O) groups excluding carboxylic acids is 1. The topological polar surface area (TPSA) is 97.8 Å². The highest BCUT2D eigenvalue weighted by Gasteiger charge is 2.24. The van der Waals surface area contributed by atoms with Gasteiger partial charge in [0.2, 0.25) is 5.75 Å². The number of fused-ring (bicyclic) bond motifs is 3. The molecule has 154 valence electrons. The summed E-state index contributed by atoms with van der Waals surface area (Å²) in [6.45, 7) is 0. The van der Waals surface area contributed by atoms with Gasteiger partial charge in [0.25, 0.3) is 5.91 Å². The van der Waals surface area contributed by atoms with Gasteiger partial charge in [-0.1, -0.05) is 24.3 Å². The third-order valence-corrected chi connectivity index (χ3v) is 5.08. The number of hydrazone groups is 1. The number of H-pyrrole nitrogens is 1. The number of rotatable bonds is 6. The lowest BCUT2D eigenvalue weighted by Gasteiger charge is -2.15. The fourth-order valence-corrected chi connectivity index (χ4v) is 3.65. The lowest BCUT2D eigenvalue weighted by molar-refractivity contribution is 0.0949. The van der Waals surface area contributed by atoms with Gasteiger partial charge in [-0.05, 0) is 30.5 Å². The summed E-state index contributed by atoms with van der Waals surface area (Å²) in [4.78, 5) is 12.7. The second-order valence-corrected chi connectivity index (χ2v) is 6.74. The number of aromatic nitrogens is 2. The first-order valence-corrected chi connectivity index (χ1v) is 9.45. The molecule has 8 nitrogen and oxygen atoms in total. The number of nitrogens with one attached hydrogen (secondary N) is 2. The molecule has 0 radical (unpaired) electrons. The zero-order valence-electron chi connectivity index (χ0n) is 17.0. The van der Waals surface area contributed by atoms with Crippen LogP contribution in [0.1, 0.15) is 27.2 Å². The van der Waals surface area contributed by atoms with Gasteiger partial charge in [0, 0.05) is 16.7 Å². The fraction of sp³-hybridized carbons (Fsp3) is 0.227. The molecule has 2 aromatic carbocycles. The molecule has 0 aliphatic heterocycles. The Balaban J connectivity index is 1.53. The predicted octanol–water partition coefficient (Wildman–Crippen LogP) is 2.97. The standard InChI is InChI=1S/C22H22N4O4/c1-28-17-10-13(11-18(29-2)21(17)30-3)12-23-26-22(27)20-16-9-8-14-6-4-5-7-15(14)19(16)24-25-20/h4-7,10-12H,8-9H2,1-3H3,(H,24,25)(H,26,27). The van der Waals surface area contributed by atoms with E-state index in [1.807, 2.05) is 18.2 Å². The quantitative estimate of drug-likeness (QED) is 0.485. The Morgan fingerprint density at radius 1 is 1.10 bits per heavy atom. The van der Waals surface area contributed by atoms with Crippen LogP contribution >= 0.6 is 0 Å². The molecule has 0 fully saturated rings. The average molecular weight is 406 g/mol. The Morgan fingerprint density at radius 2 is 1.83 bits per heavy atom. The summed E-state index contributed by atoms with van der Waals surface area (Å²) in [5.41, 5.74) is 7.72. The van der Waals surface area contributed by atoms with Gasteiger partial charge in [0.15, 0.2) is 11.5 Å². The number of aryl methyl sites for hydroxylation is 1. The van der Waals surface area contributed by atoms with Crippen molar-refractivity contribution in [3.05, 3.63) is 58.8 Å². The van der Waals surface area contributed by atoms with Crippen LogP contribution in [0.4, 0.5) is 0 Å². The molecule has 1 heterocycles. The van der Waals surface area contributed by atoms with E-state index in [1.54, 1.807) is 26.4 Å². The smallest absolute Gasteiger partial charge is 0.289 e. The minimum atomic E-state index is -0.341. The van der Waals surface area contributed by atoms with Crippen molar-refractivity contribution in [2.75, 3.05) is 21.3 Å². The monoisotopic (exact) mass is 406 g/mol. The molecule has 0 saturated heterocycles. The van der Waals surface area contributed by atoms with Crippen molar-refractivity contribution < 1.29 is 19.0 Å². The molecule has 1 aromatic heterocycles. The van der Waals surface area contributed by atoms with E-state index in [2.05, 4.69) is 26.8 Å². The van der Waals surface area contributed by atoms with Crippen LogP contribution in [0.5, 0.6) is 17.2 Å². The van der Waals surface area contributed by atoms with Gasteiger partial charge in [-0.25, -0.2) is 5.43 Å². The molecule has 2 N–H and O–H groups in total. The number of carbonyl (C=O) groups is 1. The van der Waals surface area contributed by atoms with Gasteiger partial charge in [-0.15, -0.1) is 0 Å². The maximum absolute atomic E-state index is 12.7. The molecule has 0 bridgehead atoms. The number of ether oxygens (including phenoxy) is 3. The molecule has 0 saturated carbocycles. The maximum Gasteiger partial charge on any atom is 0.289 e. The normalized spacial score (nSPS) is 12.2. The molecule has 0 spiro atoms. The zero-order chi connectivity index (χ0) is 21.1. The Kier molecular flexibility index (Phi) is 5.38. The molecule has 1 aliphatic rings. The molecule has 0 unspecified atom stereocenters. The third-order valence-electron chi connectivity index (χ3n) is 5.08. The van der Waals surface area contributed by atoms with Crippen LogP contribution in [0.25, 0.3) is 11.3 Å². The maximum atomic E-state index is 12.7. The van der Waals surface area contributed by atoms with Crippen LogP contribution in [-0.4, -0.2) is 43.6 Å². The van der Waals surface area contributed by atoms with Crippen molar-refractivity contribution in [1.29, 1.82) is 0 Å². The van der Waals surface area contributed by atoms with Crippen molar-refractivity contribution in [1.82, 2.24) is 15.6 Å². The van der Waals surface area contributed by atoms with Gasteiger partial charge in [-0.2, -0.15) is 10.2 Å². The lowest BCUT2D eigenvalue weighted by atomic mass is 9.89. The minimum absolute atomic E-state index is 0.341. The predicted molar refractivity (Wildman–Crippen MR) is 113 cm³/mol. The first-order chi connectivity index (χ1) is 14.7. The summed E-state index contributed by atoms with van der Waals surface area (Å²) in [6, 6.07) is 11.6. The van der Waals surface area contributed by atoms with Gasteiger partial charge >= 0.3 is 0 Å². The van der Waals surface area contributed by atoms with Crippen molar-refractivity contribution in [3.63, 3.8) is 0 Å². The summed E-state index contributed by atoms with van der Waals surface area (Å²) in [7, 11) is 4.62. The second-order valence-electron chi connectivity index (χ2n) is 6.74. The molecular formula is C22H22N4O4. The highest BCUT2D eigenvalue weighted by Crippen LogP contribution is 2.37. The Bertz CT molecular complexity index is 1100. The van der Waals surface area contributed by atoms with E-state index in [9.17, 15) is 4.79 Å². The molecule has 0 atom stereocenters. The van der Waals surface area contributed by atoms with Crippen molar-refractivity contribution in [2.45, 2.75) is 12.8 Å². The molecule has 4 rings (SSSR count). The van der Waals surface area contributed by atoms with E-state index in [0.717, 1.165) is 29.7 Å². The summed E-state index contributed by atoms with van der Waals surface area (Å²) in [5, 5.41) is 11.3. The third kappa shape index (κ3) is 3.47. The van der Waals surface area contributed by atoms with E-state index in [1.165, 1.54) is 18.9 Å². The first kappa shape index (κ1) is 19.5. The lowest BCUT2D eigenvalue weighted by Crippen LogP contribution is -2.20. The SMILES string of the molecule is COc1cc(C=NNC(=O)c2[nH]nc3c2CCc2ccccc2-3)cc(OC)c1OC. The van der Waals surface area contributed by atoms with Crippen LogP contribution < -0.4 is 19.6 Å². The highest BCUT2D eigenvalue weighted by atomic mass is 16.5. The number of methoxy groups -OCH3 is 3. The van der Waals surface area contributed by atoms with Gasteiger partial charge in [0.05, 0.1) is 33.2 Å². The summed E-state index contributed by atoms with van der Waals surface area (Å²) in [5.74, 6) is 1.16. The van der Waals surface area contributed by atoms with E-state index in [0.29, 0.717) is 28.5 Å². The summed E-state index contributed by atoms with van der Waals surface area (Å²) >= 11 is 0. The first-order valence-electron chi connectivity index (χ1n) is 9.45. The molecule has 8 heteroatoms. The largest absolute Gasteiger partial charge is 0.493 e. The number of amides is 1. The molecule has 1 aliphatic carbocycles. The number of aromatic amines is 1. The van der Waals surface area contributed by atoms with E-state index >= 15 is 0 Å². The van der Waals surface area contributed by atoms with Gasteiger partial charge in [0.1, 0.15) is 5.69 Å². The number of benzene rings is 2. The molecule has 30 heavy (non-hydrogen) atoms. The van der Waals surface area contributed by atoms with Crippen LogP contribution in [0, 0.1) is 0 Å². The number of nitrogens with zero attached hydrogens (tertiary/aromatic N) is 2. The number of hydrogen-bond donors (Lipinski definition) is 2. The molecular weight excluding hydrogens is 384 g/mol. The molecule has 3 aromatic rings. The van der Waals surface area contributed by atoms with Crippen molar-refractivity contribution in [3.8, 4) is 28.5 Å². The minimum Gasteiger partial charge on any atom is -0.493 e. The van der Waals surface area contributed by atoms with Gasteiger partial charge < -0.3 is 14.2 Å². The van der Waals surface area contributed by atoms with E-state index in [-0.39, 0.29) is 5.91 Å². The van der Waals surface area contributed by atoms with Crippen LogP contribution in [0.3, 0.4) is 0 Å². The Labute approximate surface area is 173 Å². The second kappa shape index (κ2) is 8.28. The zero-order valence-corrected chi connectivity index (χ0v) is 17.0. The van der Waals surface area contributed by atoms with Crippen molar-refractivity contribution >= 4 is 12.1 Å².